The van der Waals surface area contributed by atoms with Gasteiger partial charge in [0.25, 0.3) is 11.8 Å². The highest BCUT2D eigenvalue weighted by molar-refractivity contribution is 6.45. The maximum Gasteiger partial charge on any atom is 0.573 e. The van der Waals surface area contributed by atoms with E-state index in [1.807, 2.05) is 0 Å². The molecular weight excluding hydrogens is 727 g/mol. The normalized spacial score (nSPS) is 22.5. The van der Waals surface area contributed by atoms with Crippen LogP contribution in [0, 0.1) is 12.8 Å². The summed E-state index contributed by atoms with van der Waals surface area (Å²) in [7, 11) is 0. The van der Waals surface area contributed by atoms with Gasteiger partial charge in [0.05, 0.1) is 23.6 Å². The van der Waals surface area contributed by atoms with Gasteiger partial charge in [0.15, 0.2) is 5.60 Å². The average molecular weight is 753 g/mol. The Morgan fingerprint density at radius 1 is 0.679 bits per heavy atom. The van der Waals surface area contributed by atoms with Crippen molar-refractivity contribution in [3.05, 3.63) is 119 Å². The number of ketones is 1. The van der Waals surface area contributed by atoms with E-state index in [-0.39, 0.29) is 22.5 Å². The molecule has 2 unspecified atom stereocenters. The van der Waals surface area contributed by atoms with Crippen molar-refractivity contribution >= 4 is 29.0 Å². The van der Waals surface area contributed by atoms with Crippen molar-refractivity contribution in [2.75, 3.05) is 9.80 Å². The van der Waals surface area contributed by atoms with Crippen LogP contribution in [-0.2, 0) is 20.6 Å². The van der Waals surface area contributed by atoms with Gasteiger partial charge >= 0.3 is 18.9 Å². The van der Waals surface area contributed by atoms with Gasteiger partial charge in [-0.25, -0.2) is 0 Å². The number of anilines is 2. The van der Waals surface area contributed by atoms with E-state index in [0.717, 1.165) is 63.9 Å². The molecule has 0 radical (unpaired) electrons. The Labute approximate surface area is 293 Å². The van der Waals surface area contributed by atoms with Crippen molar-refractivity contribution in [1.29, 1.82) is 0 Å². The topological polar surface area (TPSA) is 96.4 Å². The quantitative estimate of drug-likeness (QED) is 0.152. The first-order valence-electron chi connectivity index (χ1n) is 15.5. The molecule has 4 aromatic rings. The molecule has 4 aromatic carbocycles. The molecule has 8 nitrogen and oxygen atoms in total. The molecule has 0 bridgehead atoms. The van der Waals surface area contributed by atoms with Gasteiger partial charge in [-0.2, -0.15) is 13.2 Å². The Hall–Kier alpha value is -5.58. The van der Waals surface area contributed by atoms with Crippen molar-refractivity contribution in [2.24, 2.45) is 5.92 Å². The minimum Gasteiger partial charge on any atom is -0.406 e. The van der Waals surface area contributed by atoms with Crippen LogP contribution < -0.4 is 19.3 Å². The molecule has 2 saturated heterocycles. The minimum atomic E-state index is -5.16. The minimum absolute atomic E-state index is 0.0609. The van der Waals surface area contributed by atoms with Crippen LogP contribution in [0.2, 0.25) is 0 Å². The Bertz CT molecular complexity index is 2050. The number of ether oxygens (including phenoxy) is 2. The zero-order chi connectivity index (χ0) is 38.7. The van der Waals surface area contributed by atoms with Gasteiger partial charge in [0.2, 0.25) is 5.78 Å². The molecule has 0 aliphatic carbocycles. The molecule has 2 amide bonds. The number of aliphatic hydroxyl groups is 1. The summed E-state index contributed by atoms with van der Waals surface area (Å²) in [6.45, 7) is 1.71. The number of carbonyl (C=O) groups excluding carboxylic acids is 3. The van der Waals surface area contributed by atoms with Gasteiger partial charge in [0, 0.05) is 17.8 Å². The summed E-state index contributed by atoms with van der Waals surface area (Å²) in [6.07, 6.45) is -15.9. The maximum absolute atomic E-state index is 14.6. The second-order valence-electron chi connectivity index (χ2n) is 12.4. The van der Waals surface area contributed by atoms with Crippen molar-refractivity contribution in [2.45, 2.75) is 49.9 Å². The second kappa shape index (κ2) is 13.1. The first kappa shape index (κ1) is 37.2. The summed E-state index contributed by atoms with van der Waals surface area (Å²) in [4.78, 5) is 44.1. The number of Topliss-reactive ketones (excluding diaryl/α,β-unsaturated/α-hetero) is 1. The van der Waals surface area contributed by atoms with Crippen molar-refractivity contribution in [3.63, 3.8) is 0 Å². The molecule has 4 atom stereocenters. The number of alkyl halides is 9. The molecule has 278 valence electrons. The van der Waals surface area contributed by atoms with E-state index >= 15 is 0 Å². The number of hydrogen-bond acceptors (Lipinski definition) is 6. The molecule has 2 aliphatic heterocycles. The van der Waals surface area contributed by atoms with Crippen LogP contribution in [-0.4, -0.2) is 41.0 Å². The molecule has 2 aliphatic rings. The van der Waals surface area contributed by atoms with Crippen molar-refractivity contribution in [1.82, 2.24) is 0 Å². The zero-order valence-electron chi connectivity index (χ0n) is 27.0. The highest BCUT2D eigenvalue weighted by atomic mass is 19.4. The van der Waals surface area contributed by atoms with Crippen molar-refractivity contribution < 1.29 is 68.5 Å². The van der Waals surface area contributed by atoms with Crippen LogP contribution in [0.5, 0.6) is 11.5 Å². The molecule has 2 heterocycles. The fraction of sp³-hybridized carbons (Fsp3) is 0.250. The van der Waals surface area contributed by atoms with Gasteiger partial charge in [-0.05, 0) is 78.7 Å². The standard InChI is InChI=1S/C36H25F9N2O6/c1-19-8-12-24(13-9-19)47-29(21-5-3-7-26(17-21)53-36(43,44)45)28(30(48)31(47)49)33(51)18-27(20-4-2-6-25(16-20)52-35(40,41)42)46(32(33)50)23-14-10-22(11-15-23)34(37,38)39/h2-17,27-29,51H,18H2,1H3/t27-,28?,29+,33?/m1/s1. The summed E-state index contributed by atoms with van der Waals surface area (Å²) >= 11 is 0. The Balaban J connectivity index is 1.52. The van der Waals surface area contributed by atoms with Gasteiger partial charge in [-0.1, -0.05) is 42.0 Å². The smallest absolute Gasteiger partial charge is 0.406 e. The fourth-order valence-corrected chi connectivity index (χ4v) is 6.75. The second-order valence-corrected chi connectivity index (χ2v) is 12.4. The van der Waals surface area contributed by atoms with Crippen LogP contribution >= 0.6 is 0 Å². The number of aryl methyl sites for hydroxylation is 1. The lowest BCUT2D eigenvalue weighted by Gasteiger charge is -2.34. The molecule has 53 heavy (non-hydrogen) atoms. The predicted octanol–water partition coefficient (Wildman–Crippen LogP) is 7.99. The van der Waals surface area contributed by atoms with Gasteiger partial charge in [-0.15, -0.1) is 26.3 Å². The van der Waals surface area contributed by atoms with Gasteiger partial charge in [-0.3, -0.25) is 19.3 Å². The monoisotopic (exact) mass is 752 g/mol. The summed E-state index contributed by atoms with van der Waals surface area (Å²) in [5.41, 5.74) is -3.82. The summed E-state index contributed by atoms with van der Waals surface area (Å²) in [5.74, 6) is -7.49. The molecule has 6 rings (SSSR count). The van der Waals surface area contributed by atoms with Crippen LogP contribution in [0.3, 0.4) is 0 Å². The summed E-state index contributed by atoms with van der Waals surface area (Å²) in [6, 6.07) is 14.2. The summed E-state index contributed by atoms with van der Waals surface area (Å²) in [5, 5.41) is 12.5. The lowest BCUT2D eigenvalue weighted by atomic mass is 9.76. The molecule has 0 spiro atoms. The van der Waals surface area contributed by atoms with E-state index in [4.69, 9.17) is 0 Å². The number of nitrogens with zero attached hydrogens (tertiary/aromatic N) is 2. The van der Waals surface area contributed by atoms with Gasteiger partial charge in [0.1, 0.15) is 11.5 Å². The number of amides is 2. The predicted molar refractivity (Wildman–Crippen MR) is 167 cm³/mol. The molecule has 0 saturated carbocycles. The van der Waals surface area contributed by atoms with Crippen LogP contribution in [0.1, 0.15) is 40.8 Å². The SMILES string of the molecule is Cc1ccc(N2C(=O)C(=O)C(C3(O)C[C@H](c4cccc(OC(F)(F)F)c4)N(c4ccc(C(F)(F)F)cc4)C3=O)[C@@H]2c2cccc(OC(F)(F)F)c2)cc1. The third kappa shape index (κ3) is 7.38. The lowest BCUT2D eigenvalue weighted by Crippen LogP contribution is -2.50. The lowest BCUT2D eigenvalue weighted by molar-refractivity contribution is -0.275. The molecule has 17 heteroatoms. The zero-order valence-corrected chi connectivity index (χ0v) is 27.0. The summed E-state index contributed by atoms with van der Waals surface area (Å²) < 4.78 is 128. The number of benzene rings is 4. The first-order valence-corrected chi connectivity index (χ1v) is 15.5. The number of carbonyl (C=O) groups is 3. The van der Waals surface area contributed by atoms with E-state index in [2.05, 4.69) is 9.47 Å². The third-order valence-corrected chi connectivity index (χ3v) is 8.92. The molecule has 2 fully saturated rings. The largest absolute Gasteiger partial charge is 0.573 e. The van der Waals surface area contributed by atoms with Crippen molar-refractivity contribution in [3.8, 4) is 11.5 Å². The Morgan fingerprint density at radius 2 is 1.17 bits per heavy atom. The highest BCUT2D eigenvalue weighted by Crippen LogP contribution is 2.53. The Kier molecular flexibility index (Phi) is 9.21. The molecular formula is C36H25F9N2O6. The number of halogens is 9. The van der Waals surface area contributed by atoms with E-state index in [0.29, 0.717) is 12.1 Å². The average Bonchev–Trinajstić information content (AvgIpc) is 3.49. The fourth-order valence-electron chi connectivity index (χ4n) is 6.75. The van der Waals surface area contributed by atoms with E-state index < -0.39 is 83.6 Å². The van der Waals surface area contributed by atoms with Gasteiger partial charge < -0.3 is 19.5 Å². The van der Waals surface area contributed by atoms with Crippen LogP contribution in [0.4, 0.5) is 50.9 Å². The maximum atomic E-state index is 14.6. The first-order chi connectivity index (χ1) is 24.7. The van der Waals surface area contributed by atoms with E-state index in [9.17, 15) is 59.0 Å². The van der Waals surface area contributed by atoms with Crippen LogP contribution in [0.25, 0.3) is 0 Å². The van der Waals surface area contributed by atoms with Crippen LogP contribution in [0.15, 0.2) is 97.1 Å². The number of rotatable bonds is 7. The number of hydrogen-bond donors (Lipinski definition) is 1. The third-order valence-electron chi connectivity index (χ3n) is 8.92. The Morgan fingerprint density at radius 3 is 1.70 bits per heavy atom. The van der Waals surface area contributed by atoms with E-state index in [1.54, 1.807) is 19.1 Å². The molecule has 1 N–H and O–H groups in total. The van der Waals surface area contributed by atoms with E-state index in [1.165, 1.54) is 24.3 Å². The highest BCUT2D eigenvalue weighted by Gasteiger charge is 2.65. The molecule has 0 aromatic heterocycles.